The summed E-state index contributed by atoms with van der Waals surface area (Å²) >= 11 is 5.87. The molecule has 0 radical (unpaired) electrons. The van der Waals surface area contributed by atoms with Crippen LogP contribution < -0.4 is 15.5 Å². The van der Waals surface area contributed by atoms with Crippen LogP contribution in [0, 0.1) is 5.82 Å². The molecule has 3 rings (SSSR count). The van der Waals surface area contributed by atoms with Crippen LogP contribution in [0.15, 0.2) is 30.6 Å². The lowest BCUT2D eigenvalue weighted by Crippen LogP contribution is -2.29. The third-order valence-corrected chi connectivity index (χ3v) is 4.30. The van der Waals surface area contributed by atoms with Crippen LogP contribution in [0.4, 0.5) is 16.0 Å². The Hall–Kier alpha value is -2.41. The lowest BCUT2D eigenvalue weighted by Gasteiger charge is -2.16. The van der Waals surface area contributed by atoms with Gasteiger partial charge in [0.1, 0.15) is 23.8 Å². The molecule has 1 fully saturated rings. The second kappa shape index (κ2) is 8.11. The minimum atomic E-state index is -0.635. The average molecular weight is 364 g/mol. The van der Waals surface area contributed by atoms with Crippen LogP contribution in [0.5, 0.6) is 0 Å². The van der Waals surface area contributed by atoms with Crippen LogP contribution in [-0.2, 0) is 0 Å². The fourth-order valence-electron chi connectivity index (χ4n) is 2.73. The first kappa shape index (κ1) is 17.4. The van der Waals surface area contributed by atoms with E-state index in [1.54, 1.807) is 0 Å². The predicted octanol–water partition coefficient (Wildman–Crippen LogP) is 2.71. The Labute approximate surface area is 150 Å². The third-order valence-electron chi connectivity index (χ3n) is 3.99. The Balaban J connectivity index is 1.50. The molecule has 0 unspecified atom stereocenters. The Kier molecular flexibility index (Phi) is 5.65. The predicted molar refractivity (Wildman–Crippen MR) is 95.7 cm³/mol. The molecule has 1 aliphatic rings. The highest BCUT2D eigenvalue weighted by Gasteiger charge is 2.15. The fraction of sp³-hybridized carbons (Fsp3) is 0.353. The third kappa shape index (κ3) is 4.36. The number of halogens is 2. The topological polar surface area (TPSA) is 70.2 Å². The van der Waals surface area contributed by atoms with Crippen LogP contribution in [0.25, 0.3) is 0 Å². The van der Waals surface area contributed by atoms with E-state index in [9.17, 15) is 9.18 Å². The molecule has 6 nitrogen and oxygen atoms in total. The molecule has 1 amide bonds. The van der Waals surface area contributed by atoms with Crippen molar-refractivity contribution in [1.82, 2.24) is 15.3 Å². The summed E-state index contributed by atoms with van der Waals surface area (Å²) in [5.74, 6) is 0.418. The van der Waals surface area contributed by atoms with Crippen LogP contribution in [0.1, 0.15) is 23.2 Å². The highest BCUT2D eigenvalue weighted by atomic mass is 35.5. The number of hydrogen-bond donors (Lipinski definition) is 2. The second-order valence-electron chi connectivity index (χ2n) is 5.73. The van der Waals surface area contributed by atoms with Crippen molar-refractivity contribution in [2.75, 3.05) is 36.4 Å². The summed E-state index contributed by atoms with van der Waals surface area (Å²) in [7, 11) is 0. The van der Waals surface area contributed by atoms with Crippen molar-refractivity contribution in [1.29, 1.82) is 0 Å². The summed E-state index contributed by atoms with van der Waals surface area (Å²) in [5, 5.41) is 5.86. The molecular weight excluding hydrogens is 345 g/mol. The Morgan fingerprint density at radius 1 is 1.24 bits per heavy atom. The van der Waals surface area contributed by atoms with Gasteiger partial charge < -0.3 is 15.5 Å². The highest BCUT2D eigenvalue weighted by Crippen LogP contribution is 2.19. The standard InChI is InChI=1S/C17H19ClFN5O/c18-12-4-3-5-13(19)16(12)17(25)21-7-6-20-14-10-15(23-11-22-14)24-8-1-2-9-24/h3-5,10-11H,1-2,6-9H2,(H,21,25)(H,20,22,23). The minimum absolute atomic E-state index is 0.0940. The van der Waals surface area contributed by atoms with Gasteiger partial charge in [-0.1, -0.05) is 17.7 Å². The van der Waals surface area contributed by atoms with E-state index in [2.05, 4.69) is 25.5 Å². The number of rotatable bonds is 6. The first-order valence-electron chi connectivity index (χ1n) is 8.18. The van der Waals surface area contributed by atoms with Gasteiger partial charge in [-0.3, -0.25) is 4.79 Å². The van der Waals surface area contributed by atoms with Gasteiger partial charge in [0.15, 0.2) is 0 Å². The second-order valence-corrected chi connectivity index (χ2v) is 6.14. The number of anilines is 2. The van der Waals surface area contributed by atoms with Crippen molar-refractivity contribution in [3.05, 3.63) is 47.0 Å². The van der Waals surface area contributed by atoms with Gasteiger partial charge >= 0.3 is 0 Å². The number of benzene rings is 1. The fourth-order valence-corrected chi connectivity index (χ4v) is 2.98. The molecule has 132 valence electrons. The zero-order valence-corrected chi connectivity index (χ0v) is 14.4. The number of hydrogen-bond acceptors (Lipinski definition) is 5. The normalized spacial score (nSPS) is 13.8. The molecule has 0 atom stereocenters. The van der Waals surface area contributed by atoms with Crippen LogP contribution in [0.2, 0.25) is 5.02 Å². The van der Waals surface area contributed by atoms with Crippen molar-refractivity contribution >= 4 is 29.1 Å². The van der Waals surface area contributed by atoms with Gasteiger partial charge in [-0.05, 0) is 25.0 Å². The zero-order chi connectivity index (χ0) is 17.6. The number of nitrogens with one attached hydrogen (secondary N) is 2. The van der Waals surface area contributed by atoms with Crippen molar-refractivity contribution in [2.24, 2.45) is 0 Å². The van der Waals surface area contributed by atoms with Gasteiger partial charge in [-0.25, -0.2) is 14.4 Å². The molecule has 0 bridgehead atoms. The Morgan fingerprint density at radius 3 is 2.80 bits per heavy atom. The number of aromatic nitrogens is 2. The minimum Gasteiger partial charge on any atom is -0.368 e. The molecule has 0 saturated carbocycles. The van der Waals surface area contributed by atoms with E-state index in [0.717, 1.165) is 18.9 Å². The van der Waals surface area contributed by atoms with Gasteiger partial charge in [0.2, 0.25) is 0 Å². The molecule has 25 heavy (non-hydrogen) atoms. The summed E-state index contributed by atoms with van der Waals surface area (Å²) in [5.41, 5.74) is -0.137. The van der Waals surface area contributed by atoms with Crippen molar-refractivity contribution in [3.8, 4) is 0 Å². The van der Waals surface area contributed by atoms with Gasteiger partial charge in [0, 0.05) is 32.2 Å². The first-order valence-corrected chi connectivity index (χ1v) is 8.56. The van der Waals surface area contributed by atoms with Gasteiger partial charge in [0.25, 0.3) is 5.91 Å². The Bertz CT molecular complexity index is 731. The van der Waals surface area contributed by atoms with Gasteiger partial charge in [-0.15, -0.1) is 0 Å². The van der Waals surface area contributed by atoms with Crippen molar-refractivity contribution < 1.29 is 9.18 Å². The lowest BCUT2D eigenvalue weighted by molar-refractivity contribution is 0.0951. The molecule has 2 heterocycles. The quantitative estimate of drug-likeness (QED) is 0.772. The summed E-state index contributed by atoms with van der Waals surface area (Å²) < 4.78 is 13.7. The summed E-state index contributed by atoms with van der Waals surface area (Å²) in [6, 6.07) is 6.04. The van der Waals surface area contributed by atoms with Crippen LogP contribution in [0.3, 0.4) is 0 Å². The van der Waals surface area contributed by atoms with Crippen molar-refractivity contribution in [3.63, 3.8) is 0 Å². The molecule has 8 heteroatoms. The van der Waals surface area contributed by atoms with Gasteiger partial charge in [0.05, 0.1) is 10.6 Å². The van der Waals surface area contributed by atoms with Crippen molar-refractivity contribution in [2.45, 2.75) is 12.8 Å². The maximum atomic E-state index is 13.7. The van der Waals surface area contributed by atoms with E-state index in [4.69, 9.17) is 11.6 Å². The number of carbonyl (C=O) groups is 1. The maximum absolute atomic E-state index is 13.7. The summed E-state index contributed by atoms with van der Waals surface area (Å²) in [6.07, 6.45) is 3.88. The molecule has 1 aliphatic heterocycles. The molecule has 0 spiro atoms. The van der Waals surface area contributed by atoms with E-state index in [1.807, 2.05) is 6.07 Å². The highest BCUT2D eigenvalue weighted by molar-refractivity contribution is 6.33. The first-order chi connectivity index (χ1) is 12.1. The van der Waals surface area contributed by atoms with Gasteiger partial charge in [-0.2, -0.15) is 0 Å². The van der Waals surface area contributed by atoms with Crippen LogP contribution in [-0.4, -0.2) is 42.1 Å². The number of carbonyl (C=O) groups excluding carboxylic acids is 1. The van der Waals surface area contributed by atoms with E-state index in [-0.39, 0.29) is 10.6 Å². The largest absolute Gasteiger partial charge is 0.368 e. The molecule has 2 aromatic rings. The van der Waals surface area contributed by atoms with E-state index in [0.29, 0.717) is 18.9 Å². The lowest BCUT2D eigenvalue weighted by atomic mass is 10.2. The number of nitrogens with zero attached hydrogens (tertiary/aromatic N) is 3. The Morgan fingerprint density at radius 2 is 2.04 bits per heavy atom. The molecule has 0 aliphatic carbocycles. The smallest absolute Gasteiger partial charge is 0.255 e. The maximum Gasteiger partial charge on any atom is 0.255 e. The molecule has 1 aromatic carbocycles. The average Bonchev–Trinajstić information content (AvgIpc) is 3.13. The van der Waals surface area contributed by atoms with E-state index >= 15 is 0 Å². The monoisotopic (exact) mass is 363 g/mol. The zero-order valence-electron chi connectivity index (χ0n) is 13.6. The molecular formula is C17H19ClFN5O. The summed E-state index contributed by atoms with van der Waals surface area (Å²) in [6.45, 7) is 2.78. The molecule has 2 N–H and O–H groups in total. The molecule has 1 saturated heterocycles. The number of amides is 1. The van der Waals surface area contributed by atoms with E-state index < -0.39 is 11.7 Å². The SMILES string of the molecule is O=C(NCCNc1cc(N2CCCC2)ncn1)c1c(F)cccc1Cl. The summed E-state index contributed by atoms with van der Waals surface area (Å²) in [4.78, 5) is 22.7. The van der Waals surface area contributed by atoms with Crippen LogP contribution >= 0.6 is 11.6 Å². The molecule has 1 aromatic heterocycles. The van der Waals surface area contributed by atoms with E-state index in [1.165, 1.54) is 37.4 Å².